The highest BCUT2D eigenvalue weighted by molar-refractivity contribution is 7.22. The fourth-order valence-corrected chi connectivity index (χ4v) is 4.51. The molecule has 4 rings (SSSR count). The molecular formula is C22H27N5O4S. The number of ether oxygens (including phenoxy) is 1. The average molecular weight is 458 g/mol. The highest BCUT2D eigenvalue weighted by atomic mass is 32.1. The molecule has 0 saturated carbocycles. The van der Waals surface area contributed by atoms with Crippen molar-refractivity contribution >= 4 is 38.6 Å². The van der Waals surface area contributed by atoms with E-state index in [0.29, 0.717) is 58.4 Å². The Kier molecular flexibility index (Phi) is 5.91. The molecule has 9 nitrogen and oxygen atoms in total. The van der Waals surface area contributed by atoms with Gasteiger partial charge in [-0.15, -0.1) is 0 Å². The second-order valence-electron chi connectivity index (χ2n) is 8.81. The highest BCUT2D eigenvalue weighted by Gasteiger charge is 2.31. The van der Waals surface area contributed by atoms with Crippen molar-refractivity contribution in [3.05, 3.63) is 35.5 Å². The van der Waals surface area contributed by atoms with Crippen LogP contribution in [0.1, 0.15) is 54.5 Å². The Hall–Kier alpha value is -2.98. The van der Waals surface area contributed by atoms with Crippen LogP contribution in [0.3, 0.4) is 0 Å². The molecule has 0 aliphatic carbocycles. The van der Waals surface area contributed by atoms with Crippen LogP contribution in [0.4, 0.5) is 5.13 Å². The molecule has 1 aliphatic heterocycles. The van der Waals surface area contributed by atoms with E-state index in [1.807, 2.05) is 20.8 Å². The number of benzene rings is 1. The monoisotopic (exact) mass is 457 g/mol. The van der Waals surface area contributed by atoms with Crippen molar-refractivity contribution < 1.29 is 19.4 Å². The van der Waals surface area contributed by atoms with Crippen molar-refractivity contribution in [2.24, 2.45) is 0 Å². The Bertz CT molecular complexity index is 1140. The van der Waals surface area contributed by atoms with E-state index in [4.69, 9.17) is 4.74 Å². The van der Waals surface area contributed by atoms with Crippen molar-refractivity contribution in [3.63, 3.8) is 0 Å². The van der Waals surface area contributed by atoms with E-state index >= 15 is 0 Å². The van der Waals surface area contributed by atoms with Crippen LogP contribution in [-0.2, 0) is 5.54 Å². The molecule has 10 heteroatoms. The van der Waals surface area contributed by atoms with Crippen LogP contribution in [0, 0.1) is 0 Å². The van der Waals surface area contributed by atoms with E-state index in [-0.39, 0.29) is 17.9 Å². The Morgan fingerprint density at radius 2 is 1.84 bits per heavy atom. The molecule has 0 bridgehead atoms. The van der Waals surface area contributed by atoms with Crippen LogP contribution in [0.5, 0.6) is 5.75 Å². The molecular weight excluding hydrogens is 430 g/mol. The first-order valence-corrected chi connectivity index (χ1v) is 11.3. The van der Waals surface area contributed by atoms with Gasteiger partial charge in [-0.1, -0.05) is 11.3 Å². The zero-order valence-corrected chi connectivity index (χ0v) is 19.4. The number of methoxy groups -OCH3 is 1. The standard InChI is InChI=1S/C22H27N5O4S/c1-22(2,3)27-18-17(16(25-27)20(30)26-11-9-14(28)10-12-26)32-21(23-18)24-19(29)13-5-7-15(31-4)8-6-13/h5-8,14,28H,9-12H2,1-4H3,(H,23,24,29). The molecule has 3 heterocycles. The number of hydrogen-bond acceptors (Lipinski definition) is 7. The van der Waals surface area contributed by atoms with Gasteiger partial charge in [0.1, 0.15) is 10.4 Å². The number of amides is 2. The summed E-state index contributed by atoms with van der Waals surface area (Å²) in [6.45, 7) is 6.94. The fourth-order valence-electron chi connectivity index (χ4n) is 3.59. The summed E-state index contributed by atoms with van der Waals surface area (Å²) in [4.78, 5) is 32.2. The summed E-state index contributed by atoms with van der Waals surface area (Å²) in [5, 5.41) is 17.6. The van der Waals surface area contributed by atoms with Crippen LogP contribution >= 0.6 is 11.3 Å². The number of anilines is 1. The van der Waals surface area contributed by atoms with Crippen molar-refractivity contribution in [2.75, 3.05) is 25.5 Å². The maximum absolute atomic E-state index is 13.2. The molecule has 3 aromatic rings. The first-order valence-electron chi connectivity index (χ1n) is 10.5. The smallest absolute Gasteiger partial charge is 0.275 e. The zero-order valence-electron chi connectivity index (χ0n) is 18.6. The van der Waals surface area contributed by atoms with Gasteiger partial charge in [0.25, 0.3) is 11.8 Å². The molecule has 2 aromatic heterocycles. The number of aliphatic hydroxyl groups excluding tert-OH is 1. The van der Waals surface area contributed by atoms with Crippen LogP contribution in [0.25, 0.3) is 10.3 Å². The second kappa shape index (κ2) is 8.51. The quantitative estimate of drug-likeness (QED) is 0.623. The van der Waals surface area contributed by atoms with Crippen LogP contribution in [0.15, 0.2) is 24.3 Å². The largest absolute Gasteiger partial charge is 0.497 e. The highest BCUT2D eigenvalue weighted by Crippen LogP contribution is 2.33. The lowest BCUT2D eigenvalue weighted by Crippen LogP contribution is -2.40. The third kappa shape index (κ3) is 4.33. The van der Waals surface area contributed by atoms with Gasteiger partial charge in [-0.2, -0.15) is 10.1 Å². The average Bonchev–Trinajstić information content (AvgIpc) is 3.32. The van der Waals surface area contributed by atoms with E-state index in [1.165, 1.54) is 11.3 Å². The number of carbonyl (C=O) groups is 2. The van der Waals surface area contributed by atoms with E-state index in [0.717, 1.165) is 0 Å². The summed E-state index contributed by atoms with van der Waals surface area (Å²) in [5.74, 6) is 0.194. The molecule has 0 spiro atoms. The van der Waals surface area contributed by atoms with Gasteiger partial charge in [0.15, 0.2) is 16.5 Å². The van der Waals surface area contributed by atoms with Gasteiger partial charge in [0, 0.05) is 18.7 Å². The molecule has 2 amide bonds. The van der Waals surface area contributed by atoms with Crippen LogP contribution in [0.2, 0.25) is 0 Å². The predicted octanol–water partition coefficient (Wildman–Crippen LogP) is 3.11. The Balaban J connectivity index is 1.65. The maximum Gasteiger partial charge on any atom is 0.275 e. The number of thiazole rings is 1. The Morgan fingerprint density at radius 3 is 2.44 bits per heavy atom. The fraction of sp³-hybridized carbons (Fsp3) is 0.455. The maximum atomic E-state index is 13.2. The molecule has 1 aliphatic rings. The van der Waals surface area contributed by atoms with Crippen molar-refractivity contribution in [1.29, 1.82) is 0 Å². The molecule has 0 atom stereocenters. The number of aliphatic hydroxyl groups is 1. The van der Waals surface area contributed by atoms with Crippen molar-refractivity contribution in [3.8, 4) is 5.75 Å². The summed E-state index contributed by atoms with van der Waals surface area (Å²) in [6.07, 6.45) is 0.746. The van der Waals surface area contributed by atoms with Gasteiger partial charge in [-0.05, 0) is 57.9 Å². The summed E-state index contributed by atoms with van der Waals surface area (Å²) in [7, 11) is 1.57. The summed E-state index contributed by atoms with van der Waals surface area (Å²) in [5.41, 5.74) is 0.965. The number of aromatic nitrogens is 3. The minimum Gasteiger partial charge on any atom is -0.497 e. The summed E-state index contributed by atoms with van der Waals surface area (Å²) >= 11 is 1.24. The predicted molar refractivity (Wildman–Crippen MR) is 122 cm³/mol. The molecule has 2 N–H and O–H groups in total. The number of rotatable bonds is 4. The SMILES string of the molecule is COc1ccc(C(=O)Nc2nc3c(s2)c(C(=O)N2CCC(O)CC2)nn3C(C)(C)C)cc1. The number of hydrogen-bond donors (Lipinski definition) is 2. The van der Waals surface area contributed by atoms with Crippen molar-refractivity contribution in [2.45, 2.75) is 45.3 Å². The third-order valence-corrected chi connectivity index (χ3v) is 6.35. The van der Waals surface area contributed by atoms with E-state index in [2.05, 4.69) is 15.4 Å². The molecule has 1 aromatic carbocycles. The van der Waals surface area contributed by atoms with Gasteiger partial charge in [0.2, 0.25) is 0 Å². The molecule has 0 unspecified atom stereocenters. The van der Waals surface area contributed by atoms with E-state index in [9.17, 15) is 14.7 Å². The minimum absolute atomic E-state index is 0.179. The lowest BCUT2D eigenvalue weighted by Gasteiger charge is -2.29. The minimum atomic E-state index is -0.403. The van der Waals surface area contributed by atoms with Gasteiger partial charge in [0.05, 0.1) is 18.8 Å². The van der Waals surface area contributed by atoms with Gasteiger partial charge >= 0.3 is 0 Å². The number of likely N-dealkylation sites (tertiary alicyclic amines) is 1. The number of carbonyl (C=O) groups excluding carboxylic acids is 2. The summed E-state index contributed by atoms with van der Waals surface area (Å²) in [6, 6.07) is 6.80. The summed E-state index contributed by atoms with van der Waals surface area (Å²) < 4.78 is 7.50. The first-order chi connectivity index (χ1) is 15.2. The normalized spacial score (nSPS) is 15.2. The molecule has 32 heavy (non-hydrogen) atoms. The Labute approximate surface area is 190 Å². The van der Waals surface area contributed by atoms with Crippen LogP contribution < -0.4 is 10.1 Å². The van der Waals surface area contributed by atoms with Gasteiger partial charge in [-0.25, -0.2) is 4.68 Å². The van der Waals surface area contributed by atoms with Crippen molar-refractivity contribution in [1.82, 2.24) is 19.7 Å². The topological polar surface area (TPSA) is 110 Å². The molecule has 170 valence electrons. The lowest BCUT2D eigenvalue weighted by atomic mass is 10.1. The Morgan fingerprint density at radius 1 is 1.19 bits per heavy atom. The zero-order chi connectivity index (χ0) is 23.0. The lowest BCUT2D eigenvalue weighted by molar-refractivity contribution is 0.0542. The molecule has 1 fully saturated rings. The van der Waals surface area contributed by atoms with E-state index in [1.54, 1.807) is 41.0 Å². The van der Waals surface area contributed by atoms with E-state index < -0.39 is 5.54 Å². The van der Waals surface area contributed by atoms with Gasteiger partial charge < -0.3 is 14.7 Å². The first kappa shape index (κ1) is 22.2. The number of fused-ring (bicyclic) bond motifs is 1. The van der Waals surface area contributed by atoms with Gasteiger partial charge in [-0.3, -0.25) is 14.9 Å². The number of nitrogens with one attached hydrogen (secondary N) is 1. The second-order valence-corrected chi connectivity index (χ2v) is 9.81. The third-order valence-electron chi connectivity index (χ3n) is 5.39. The van der Waals surface area contributed by atoms with Crippen LogP contribution in [-0.4, -0.2) is 62.9 Å². The molecule has 0 radical (unpaired) electrons. The molecule has 1 saturated heterocycles. The number of nitrogens with zero attached hydrogens (tertiary/aromatic N) is 4. The number of piperidine rings is 1.